The van der Waals surface area contributed by atoms with Crippen molar-refractivity contribution < 1.29 is 13.2 Å². The standard InChI is InChI=1S/C19H27N3O3S/c1-12-13(2)15(4)18(16(5)14(12)3)26(24,25)21-10-9-20-19(23)17-8-7-11-22(17)6/h7-8,11,21H,9-10H2,1-6H3,(H,20,23). The van der Waals surface area contributed by atoms with Crippen LogP contribution in [0.3, 0.4) is 0 Å². The predicted octanol–water partition coefficient (Wildman–Crippen LogP) is 2.28. The van der Waals surface area contributed by atoms with Gasteiger partial charge >= 0.3 is 0 Å². The van der Waals surface area contributed by atoms with Gasteiger partial charge in [-0.2, -0.15) is 0 Å². The van der Waals surface area contributed by atoms with Crippen LogP contribution < -0.4 is 10.0 Å². The Morgan fingerprint density at radius 1 is 0.962 bits per heavy atom. The zero-order valence-corrected chi connectivity index (χ0v) is 17.0. The average Bonchev–Trinajstić information content (AvgIpc) is 3.01. The number of carbonyl (C=O) groups excluding carboxylic acids is 1. The van der Waals surface area contributed by atoms with E-state index >= 15 is 0 Å². The molecule has 2 N–H and O–H groups in total. The van der Waals surface area contributed by atoms with Crippen LogP contribution in [0.4, 0.5) is 0 Å². The van der Waals surface area contributed by atoms with E-state index in [-0.39, 0.29) is 19.0 Å². The highest BCUT2D eigenvalue weighted by atomic mass is 32.2. The minimum absolute atomic E-state index is 0.128. The zero-order chi connectivity index (χ0) is 19.6. The number of hydrogen-bond donors (Lipinski definition) is 2. The van der Waals surface area contributed by atoms with Gasteiger partial charge in [-0.15, -0.1) is 0 Å². The first-order valence-electron chi connectivity index (χ1n) is 8.54. The maximum absolute atomic E-state index is 12.8. The van der Waals surface area contributed by atoms with Crippen LogP contribution in [0.5, 0.6) is 0 Å². The van der Waals surface area contributed by atoms with Crippen molar-refractivity contribution in [1.29, 1.82) is 0 Å². The molecule has 142 valence electrons. The number of aromatic nitrogens is 1. The van der Waals surface area contributed by atoms with Crippen molar-refractivity contribution >= 4 is 15.9 Å². The first-order chi connectivity index (χ1) is 12.1. The largest absolute Gasteiger partial charge is 0.349 e. The van der Waals surface area contributed by atoms with E-state index in [2.05, 4.69) is 10.0 Å². The molecule has 0 radical (unpaired) electrons. The summed E-state index contributed by atoms with van der Waals surface area (Å²) in [6.45, 7) is 9.90. The van der Waals surface area contributed by atoms with Gasteiger partial charge in [0.05, 0.1) is 4.90 Å². The zero-order valence-electron chi connectivity index (χ0n) is 16.2. The summed E-state index contributed by atoms with van der Waals surface area (Å²) >= 11 is 0. The van der Waals surface area contributed by atoms with Crippen molar-refractivity contribution in [3.63, 3.8) is 0 Å². The van der Waals surface area contributed by atoms with Crippen molar-refractivity contribution in [3.05, 3.63) is 51.8 Å². The molecular weight excluding hydrogens is 350 g/mol. The second-order valence-corrected chi connectivity index (χ2v) is 8.32. The molecule has 0 spiro atoms. The highest BCUT2D eigenvalue weighted by Crippen LogP contribution is 2.29. The maximum atomic E-state index is 12.8. The van der Waals surface area contributed by atoms with Crippen LogP contribution in [0, 0.1) is 34.6 Å². The van der Waals surface area contributed by atoms with Gasteiger partial charge < -0.3 is 9.88 Å². The van der Waals surface area contributed by atoms with Crippen molar-refractivity contribution in [3.8, 4) is 0 Å². The van der Waals surface area contributed by atoms with Crippen molar-refractivity contribution in [1.82, 2.24) is 14.6 Å². The summed E-state index contributed by atoms with van der Waals surface area (Å²) in [5, 5.41) is 2.72. The van der Waals surface area contributed by atoms with Crippen molar-refractivity contribution in [2.24, 2.45) is 7.05 Å². The van der Waals surface area contributed by atoms with Gasteiger partial charge in [-0.25, -0.2) is 13.1 Å². The summed E-state index contributed by atoms with van der Waals surface area (Å²) in [5.41, 5.74) is 5.17. The molecule has 0 aliphatic rings. The molecule has 2 rings (SSSR count). The fraction of sp³-hybridized carbons (Fsp3) is 0.421. The lowest BCUT2D eigenvalue weighted by Gasteiger charge is -2.19. The van der Waals surface area contributed by atoms with E-state index in [1.165, 1.54) is 0 Å². The second kappa shape index (κ2) is 7.63. The van der Waals surface area contributed by atoms with Crippen LogP contribution in [0.2, 0.25) is 0 Å². The molecule has 26 heavy (non-hydrogen) atoms. The van der Waals surface area contributed by atoms with Gasteiger partial charge in [-0.1, -0.05) is 0 Å². The molecule has 0 saturated heterocycles. The molecule has 0 fully saturated rings. The number of rotatable bonds is 6. The highest BCUT2D eigenvalue weighted by molar-refractivity contribution is 7.89. The van der Waals surface area contributed by atoms with E-state index in [9.17, 15) is 13.2 Å². The fourth-order valence-electron chi connectivity index (χ4n) is 3.09. The number of hydrogen-bond acceptors (Lipinski definition) is 3. The number of sulfonamides is 1. The third kappa shape index (κ3) is 3.83. The third-order valence-electron chi connectivity index (χ3n) is 5.08. The van der Waals surface area contributed by atoms with E-state index in [1.807, 2.05) is 34.6 Å². The highest BCUT2D eigenvalue weighted by Gasteiger charge is 2.23. The summed E-state index contributed by atoms with van der Waals surface area (Å²) in [6, 6.07) is 3.50. The van der Waals surface area contributed by atoms with Gasteiger partial charge in [0.2, 0.25) is 10.0 Å². The molecule has 0 saturated carbocycles. The molecule has 6 nitrogen and oxygen atoms in total. The number of aryl methyl sites for hydroxylation is 1. The number of amides is 1. The molecule has 1 heterocycles. The molecule has 0 aliphatic heterocycles. The number of nitrogens with zero attached hydrogens (tertiary/aromatic N) is 1. The van der Waals surface area contributed by atoms with Crippen LogP contribution in [0.25, 0.3) is 0 Å². The van der Waals surface area contributed by atoms with Crippen LogP contribution in [0.15, 0.2) is 23.2 Å². The Balaban J connectivity index is 2.09. The Bertz CT molecular complexity index is 914. The normalized spacial score (nSPS) is 11.6. The lowest BCUT2D eigenvalue weighted by Crippen LogP contribution is -2.35. The number of nitrogens with one attached hydrogen (secondary N) is 2. The van der Waals surface area contributed by atoms with E-state index in [0.717, 1.165) is 27.8 Å². The fourth-order valence-corrected chi connectivity index (χ4v) is 4.72. The number of benzene rings is 1. The maximum Gasteiger partial charge on any atom is 0.267 e. The van der Waals surface area contributed by atoms with Crippen molar-refractivity contribution in [2.45, 2.75) is 39.5 Å². The molecule has 1 aromatic heterocycles. The van der Waals surface area contributed by atoms with Gasteiger partial charge in [-0.05, 0) is 74.6 Å². The first kappa shape index (κ1) is 20.2. The SMILES string of the molecule is Cc1c(C)c(C)c(S(=O)(=O)NCCNC(=O)c2cccn2C)c(C)c1C. The van der Waals surface area contributed by atoms with Crippen LogP contribution >= 0.6 is 0 Å². The molecule has 2 aromatic rings. The van der Waals surface area contributed by atoms with Crippen LogP contribution in [0.1, 0.15) is 38.3 Å². The first-order valence-corrected chi connectivity index (χ1v) is 10.0. The monoisotopic (exact) mass is 377 g/mol. The van der Waals surface area contributed by atoms with Crippen LogP contribution in [-0.4, -0.2) is 32.0 Å². The summed E-state index contributed by atoms with van der Waals surface area (Å²) in [4.78, 5) is 12.4. The predicted molar refractivity (Wildman–Crippen MR) is 103 cm³/mol. The Kier molecular flexibility index (Phi) is 5.93. The van der Waals surface area contributed by atoms with E-state index in [1.54, 1.807) is 29.9 Å². The Hall–Kier alpha value is -2.12. The Morgan fingerprint density at radius 3 is 2.00 bits per heavy atom. The molecular formula is C19H27N3O3S. The minimum Gasteiger partial charge on any atom is -0.349 e. The summed E-state index contributed by atoms with van der Waals surface area (Å²) in [6.07, 6.45) is 1.78. The van der Waals surface area contributed by atoms with Gasteiger partial charge in [0.15, 0.2) is 0 Å². The Labute approximate surface area is 155 Å². The second-order valence-electron chi connectivity index (χ2n) is 6.61. The van der Waals surface area contributed by atoms with E-state index in [0.29, 0.717) is 10.6 Å². The molecule has 0 unspecified atom stereocenters. The Morgan fingerprint density at radius 2 is 1.50 bits per heavy atom. The molecule has 0 atom stereocenters. The summed E-state index contributed by atoms with van der Waals surface area (Å²) < 4.78 is 29.9. The molecule has 1 aromatic carbocycles. The number of carbonyl (C=O) groups is 1. The topological polar surface area (TPSA) is 80.2 Å². The molecule has 0 bridgehead atoms. The van der Waals surface area contributed by atoms with Crippen molar-refractivity contribution in [2.75, 3.05) is 13.1 Å². The quantitative estimate of drug-likeness (QED) is 0.758. The lowest BCUT2D eigenvalue weighted by atomic mass is 9.95. The summed E-state index contributed by atoms with van der Waals surface area (Å²) in [5.74, 6) is -0.230. The van der Waals surface area contributed by atoms with Crippen LogP contribution in [-0.2, 0) is 17.1 Å². The van der Waals surface area contributed by atoms with Gasteiger partial charge in [0, 0.05) is 26.3 Å². The van der Waals surface area contributed by atoms with E-state index in [4.69, 9.17) is 0 Å². The average molecular weight is 378 g/mol. The minimum atomic E-state index is -3.65. The molecule has 1 amide bonds. The van der Waals surface area contributed by atoms with E-state index < -0.39 is 10.0 Å². The molecule has 0 aliphatic carbocycles. The molecule has 7 heteroatoms. The smallest absolute Gasteiger partial charge is 0.267 e. The van der Waals surface area contributed by atoms with Gasteiger partial charge in [0.25, 0.3) is 5.91 Å². The summed E-state index contributed by atoms with van der Waals surface area (Å²) in [7, 11) is -1.87. The van der Waals surface area contributed by atoms with Gasteiger partial charge in [-0.3, -0.25) is 4.79 Å². The lowest BCUT2D eigenvalue weighted by molar-refractivity contribution is 0.0946. The third-order valence-corrected chi connectivity index (χ3v) is 6.81. The van der Waals surface area contributed by atoms with Gasteiger partial charge in [0.1, 0.15) is 5.69 Å².